The van der Waals surface area contributed by atoms with E-state index in [0.29, 0.717) is 11.3 Å². The Bertz CT molecular complexity index is 842. The van der Waals surface area contributed by atoms with Crippen molar-refractivity contribution in [2.45, 2.75) is 71.1 Å². The number of nitrogens with one attached hydrogen (secondary N) is 1. The number of fused-ring (bicyclic) bond motifs is 1. The molecule has 0 aromatic heterocycles. The first kappa shape index (κ1) is 22.1. The zero-order valence-electron chi connectivity index (χ0n) is 18.0. The molecule has 0 bridgehead atoms. The third-order valence-electron chi connectivity index (χ3n) is 5.67. The average molecular weight is 408 g/mol. The van der Waals surface area contributed by atoms with Crippen LogP contribution in [0.25, 0.3) is 11.1 Å². The van der Waals surface area contributed by atoms with E-state index in [9.17, 15) is 9.59 Å². The summed E-state index contributed by atoms with van der Waals surface area (Å²) in [4.78, 5) is 23.4. The SMILES string of the molecule is CCCCCCCCCCCCOc1ccc(-c2ccc3c(c2)C(=O)C(=O)N3)cc1. The lowest BCUT2D eigenvalue weighted by Gasteiger charge is -2.08. The number of anilines is 1. The van der Waals surface area contributed by atoms with E-state index in [4.69, 9.17) is 4.74 Å². The zero-order chi connectivity index (χ0) is 21.2. The van der Waals surface area contributed by atoms with E-state index in [2.05, 4.69) is 12.2 Å². The average Bonchev–Trinajstić information content (AvgIpc) is 3.05. The number of Topliss-reactive ketones (excluding diaryl/α,β-unsaturated/α-hetero) is 1. The number of carbonyl (C=O) groups excluding carboxylic acids is 2. The summed E-state index contributed by atoms with van der Waals surface area (Å²) in [5.74, 6) is -0.162. The van der Waals surface area contributed by atoms with Crippen molar-refractivity contribution in [2.75, 3.05) is 11.9 Å². The molecule has 2 aromatic carbocycles. The molecule has 0 unspecified atom stereocenters. The van der Waals surface area contributed by atoms with Crippen molar-refractivity contribution in [1.82, 2.24) is 0 Å². The maximum atomic E-state index is 11.9. The summed E-state index contributed by atoms with van der Waals surface area (Å²) in [5.41, 5.74) is 2.94. The summed E-state index contributed by atoms with van der Waals surface area (Å²) in [6, 6.07) is 13.4. The van der Waals surface area contributed by atoms with Gasteiger partial charge < -0.3 is 10.1 Å². The second-order valence-corrected chi connectivity index (χ2v) is 8.10. The van der Waals surface area contributed by atoms with Gasteiger partial charge in [0.1, 0.15) is 5.75 Å². The number of rotatable bonds is 13. The van der Waals surface area contributed by atoms with Gasteiger partial charge in [-0.25, -0.2) is 0 Å². The highest BCUT2D eigenvalue weighted by atomic mass is 16.5. The topological polar surface area (TPSA) is 55.4 Å². The number of ether oxygens (including phenoxy) is 1. The fourth-order valence-electron chi connectivity index (χ4n) is 3.85. The molecular weight excluding hydrogens is 374 g/mol. The van der Waals surface area contributed by atoms with E-state index < -0.39 is 11.7 Å². The number of ketones is 1. The first-order chi connectivity index (χ1) is 14.7. The Hall–Kier alpha value is -2.62. The van der Waals surface area contributed by atoms with E-state index in [1.807, 2.05) is 30.3 Å². The van der Waals surface area contributed by atoms with Crippen LogP contribution in [0.5, 0.6) is 5.75 Å². The van der Waals surface area contributed by atoms with Gasteiger partial charge in [-0.3, -0.25) is 9.59 Å². The second-order valence-electron chi connectivity index (χ2n) is 8.10. The molecule has 0 saturated heterocycles. The first-order valence-corrected chi connectivity index (χ1v) is 11.4. The van der Waals surface area contributed by atoms with Gasteiger partial charge in [-0.15, -0.1) is 0 Å². The van der Waals surface area contributed by atoms with Crippen LogP contribution in [-0.4, -0.2) is 18.3 Å². The molecule has 3 rings (SSSR count). The molecule has 1 aliphatic rings. The van der Waals surface area contributed by atoms with Crippen molar-refractivity contribution in [2.24, 2.45) is 0 Å². The summed E-state index contributed by atoms with van der Waals surface area (Å²) in [6.07, 6.45) is 13.2. The molecular formula is C26H33NO3. The van der Waals surface area contributed by atoms with Gasteiger partial charge in [0.15, 0.2) is 0 Å². The lowest BCUT2D eigenvalue weighted by molar-refractivity contribution is -0.112. The third kappa shape index (κ3) is 6.19. The normalized spacial score (nSPS) is 12.7. The Balaban J connectivity index is 1.35. The minimum absolute atomic E-state index is 0.443. The number of hydrogen-bond acceptors (Lipinski definition) is 3. The van der Waals surface area contributed by atoms with Crippen molar-refractivity contribution in [1.29, 1.82) is 0 Å². The molecule has 2 aromatic rings. The predicted octanol–water partition coefficient (Wildman–Crippen LogP) is 6.79. The van der Waals surface area contributed by atoms with Crippen molar-refractivity contribution in [3.63, 3.8) is 0 Å². The van der Waals surface area contributed by atoms with Gasteiger partial charge in [-0.05, 0) is 41.8 Å². The molecule has 160 valence electrons. The molecule has 0 spiro atoms. The van der Waals surface area contributed by atoms with E-state index in [1.165, 1.54) is 57.8 Å². The summed E-state index contributed by atoms with van der Waals surface area (Å²) in [5, 5.41) is 2.58. The number of amides is 1. The van der Waals surface area contributed by atoms with Crippen molar-refractivity contribution in [3.8, 4) is 16.9 Å². The largest absolute Gasteiger partial charge is 0.494 e. The van der Waals surface area contributed by atoms with Crippen LogP contribution in [0.1, 0.15) is 81.5 Å². The smallest absolute Gasteiger partial charge is 0.296 e. The molecule has 4 nitrogen and oxygen atoms in total. The van der Waals surface area contributed by atoms with Gasteiger partial charge in [-0.2, -0.15) is 0 Å². The summed E-state index contributed by atoms with van der Waals surface area (Å²) in [7, 11) is 0. The third-order valence-corrected chi connectivity index (χ3v) is 5.67. The molecule has 0 fully saturated rings. The Kier molecular flexibility index (Phi) is 8.49. The van der Waals surface area contributed by atoms with Crippen LogP contribution in [0.4, 0.5) is 5.69 Å². The number of carbonyl (C=O) groups is 2. The monoisotopic (exact) mass is 407 g/mol. The van der Waals surface area contributed by atoms with Gasteiger partial charge in [0.2, 0.25) is 0 Å². The fourth-order valence-corrected chi connectivity index (χ4v) is 3.85. The summed E-state index contributed by atoms with van der Waals surface area (Å²) >= 11 is 0. The zero-order valence-corrected chi connectivity index (χ0v) is 18.0. The van der Waals surface area contributed by atoms with E-state index in [1.54, 1.807) is 12.1 Å². The van der Waals surface area contributed by atoms with E-state index in [0.717, 1.165) is 29.9 Å². The Labute approximate surface area is 180 Å². The molecule has 0 radical (unpaired) electrons. The van der Waals surface area contributed by atoms with Crippen molar-refractivity contribution in [3.05, 3.63) is 48.0 Å². The molecule has 1 amide bonds. The van der Waals surface area contributed by atoms with Gasteiger partial charge in [-0.1, -0.05) is 82.9 Å². The van der Waals surface area contributed by atoms with Crippen LogP contribution < -0.4 is 10.1 Å². The number of hydrogen-bond donors (Lipinski definition) is 1. The predicted molar refractivity (Wildman–Crippen MR) is 122 cm³/mol. The number of unbranched alkanes of at least 4 members (excludes halogenated alkanes) is 9. The van der Waals surface area contributed by atoms with Gasteiger partial charge in [0.25, 0.3) is 11.7 Å². The summed E-state index contributed by atoms with van der Waals surface area (Å²) in [6.45, 7) is 3.01. The van der Waals surface area contributed by atoms with Crippen LogP contribution in [0, 0.1) is 0 Å². The minimum Gasteiger partial charge on any atom is -0.494 e. The van der Waals surface area contributed by atoms with E-state index in [-0.39, 0.29) is 0 Å². The quantitative estimate of drug-likeness (QED) is 0.294. The standard InChI is InChI=1S/C26H33NO3/c1-2-3-4-5-6-7-8-9-10-11-18-30-22-15-12-20(13-16-22)21-14-17-24-23(19-21)25(28)26(29)27-24/h12-17,19H,2-11,18H2,1H3,(H,27,28,29). The highest BCUT2D eigenvalue weighted by Gasteiger charge is 2.27. The molecule has 4 heteroatoms. The van der Waals surface area contributed by atoms with E-state index >= 15 is 0 Å². The van der Waals surface area contributed by atoms with Crippen molar-refractivity contribution < 1.29 is 14.3 Å². The fraction of sp³-hybridized carbons (Fsp3) is 0.462. The molecule has 1 aliphatic heterocycles. The van der Waals surface area contributed by atoms with Gasteiger partial charge in [0.05, 0.1) is 17.9 Å². The lowest BCUT2D eigenvalue weighted by atomic mass is 10.0. The van der Waals surface area contributed by atoms with Crippen LogP contribution in [0.15, 0.2) is 42.5 Å². The van der Waals surface area contributed by atoms with Crippen molar-refractivity contribution >= 4 is 17.4 Å². The highest BCUT2D eigenvalue weighted by Crippen LogP contribution is 2.30. The minimum atomic E-state index is -0.558. The molecule has 0 aliphatic carbocycles. The molecule has 0 atom stereocenters. The van der Waals surface area contributed by atoms with Gasteiger partial charge in [0, 0.05) is 0 Å². The molecule has 0 saturated carbocycles. The Morgan fingerprint density at radius 2 is 1.33 bits per heavy atom. The Morgan fingerprint density at radius 1 is 0.733 bits per heavy atom. The van der Waals surface area contributed by atoms with Crippen LogP contribution in [-0.2, 0) is 4.79 Å². The molecule has 1 N–H and O–H groups in total. The Morgan fingerprint density at radius 3 is 2.00 bits per heavy atom. The maximum absolute atomic E-state index is 11.9. The highest BCUT2D eigenvalue weighted by molar-refractivity contribution is 6.51. The molecule has 1 heterocycles. The van der Waals surface area contributed by atoms with Crippen LogP contribution in [0.3, 0.4) is 0 Å². The lowest BCUT2D eigenvalue weighted by Crippen LogP contribution is -2.12. The second kappa shape index (κ2) is 11.5. The van der Waals surface area contributed by atoms with Gasteiger partial charge >= 0.3 is 0 Å². The summed E-state index contributed by atoms with van der Waals surface area (Å²) < 4.78 is 5.87. The van der Waals surface area contributed by atoms with Crippen LogP contribution in [0.2, 0.25) is 0 Å². The first-order valence-electron chi connectivity index (χ1n) is 11.4. The number of benzene rings is 2. The maximum Gasteiger partial charge on any atom is 0.296 e. The molecule has 30 heavy (non-hydrogen) atoms. The van der Waals surface area contributed by atoms with Crippen LogP contribution >= 0.6 is 0 Å².